The number of ketones is 6. The third-order valence-electron chi connectivity index (χ3n) is 16.2. The number of carbonyl (C=O) groups is 18. The van der Waals surface area contributed by atoms with E-state index < -0.39 is 223 Å². The van der Waals surface area contributed by atoms with Gasteiger partial charge in [0.25, 0.3) is 0 Å². The Kier molecular flexibility index (Phi) is 43.9. The summed E-state index contributed by atoms with van der Waals surface area (Å²) in [4.78, 5) is 236. The molecule has 0 aliphatic carbocycles. The normalized spacial score (nSPS) is 14.6. The summed E-state index contributed by atoms with van der Waals surface area (Å²) in [6.45, 7) is 2.23. The van der Waals surface area contributed by atoms with Gasteiger partial charge in [0.1, 0.15) is 5.78 Å². The molecule has 0 aliphatic rings. The maximum atomic E-state index is 14.5. The number of rotatable bonds is 59. The number of nitrogens with one attached hydrogen (secondary N) is 5. The van der Waals surface area contributed by atoms with Crippen LogP contribution < -0.4 is 95.4 Å². The molecule has 0 unspecified atom stereocenters. The fraction of sp³-hybridized carbons (Fsp3) is 0.705. The number of nitrogens with two attached hydrogens (primary N) is 8. The van der Waals surface area contributed by atoms with E-state index in [0.29, 0.717) is 6.54 Å². The minimum atomic E-state index is -1.40. The average Bonchev–Trinajstić information content (AvgIpc) is 1.05. The molecule has 0 aromatic carbocycles. The summed E-state index contributed by atoms with van der Waals surface area (Å²) in [5, 5.41) is 13.0. The Morgan fingerprint density at radius 2 is 0.458 bits per heavy atom. The highest BCUT2D eigenvalue weighted by Crippen LogP contribution is 2.24. The molecular weight excluding hydrogens is 1260 g/mol. The number of quaternary nitrogens is 4. The predicted molar refractivity (Wildman–Crippen MR) is 341 cm³/mol. The van der Waals surface area contributed by atoms with Gasteiger partial charge in [-0.25, -0.2) is 0 Å². The van der Waals surface area contributed by atoms with Crippen molar-refractivity contribution in [1.82, 2.24) is 26.6 Å². The lowest BCUT2D eigenvalue weighted by molar-refractivity contribution is -0.369. The smallest absolute Gasteiger partial charge is 0.224 e. The first kappa shape index (κ1) is 87.5. The molecule has 33 N–H and O–H groups in total. The summed E-state index contributed by atoms with van der Waals surface area (Å²) in [5.74, 6) is -20.7. The van der Waals surface area contributed by atoms with Crippen LogP contribution >= 0.6 is 0 Å². The van der Waals surface area contributed by atoms with Crippen LogP contribution in [-0.4, -0.2) is 168 Å². The Morgan fingerprint density at radius 3 is 0.656 bits per heavy atom. The molecule has 11 atom stereocenters. The molecule has 0 aromatic rings. The summed E-state index contributed by atoms with van der Waals surface area (Å²) in [5.41, 5.74) is 58.8. The number of amides is 12. The van der Waals surface area contributed by atoms with Crippen LogP contribution in [0.25, 0.3) is 0 Å². The monoisotopic (exact) mass is 1370 g/mol. The standard InChI is InChI=1S/C61H105N17O18/c1-33(79)40(16-23-56(73)91)74-57(92)35(11-18-51(68)86)29-46(81)42(7-3-25-63)76-59(94)37(13-20-53(70)88)31-48(83)44(9-5-27-65)78-61(96)38(14-21-54(71)89)32-49(84)43(8-4-26-64)77-60(95)36(12-19-52(69)87)30-47(82)41(6-2-24-62)75-58(93)34(10-17-50(67)85)28-45(80)39(66)15-22-55(72)90/h34-44H,2-32,62-66H2,1H3,(H2,67,85)(H2,68,86)(H2,69,87)(H2,70,88)(H2,71,89)(H2,72,90)(H2,73,91)(H,74,92)(H,75,93)(H,76,94)(H,77,95)(H,78,96)/p+4/t34-,35-,36-,37-,38-,39+,40+,41+,42+,43+,44+/m1/s1. The lowest BCUT2D eigenvalue weighted by atomic mass is 9.88. The molecule has 96 heavy (non-hydrogen) atoms. The summed E-state index contributed by atoms with van der Waals surface area (Å²) in [7, 11) is 0. The van der Waals surface area contributed by atoms with Crippen LogP contribution in [0.2, 0.25) is 0 Å². The van der Waals surface area contributed by atoms with E-state index >= 15 is 0 Å². The highest BCUT2D eigenvalue weighted by Gasteiger charge is 2.37. The van der Waals surface area contributed by atoms with Gasteiger partial charge in [0.05, 0.1) is 62.4 Å². The average molecular weight is 1370 g/mol. The maximum Gasteiger partial charge on any atom is 0.224 e. The Morgan fingerprint density at radius 1 is 0.271 bits per heavy atom. The van der Waals surface area contributed by atoms with Crippen LogP contribution in [0.1, 0.15) is 180 Å². The molecule has 0 spiro atoms. The quantitative estimate of drug-likeness (QED) is 0.0269. The van der Waals surface area contributed by atoms with E-state index in [1.54, 1.807) is 0 Å². The van der Waals surface area contributed by atoms with Gasteiger partial charge in [0.2, 0.25) is 70.9 Å². The minimum Gasteiger partial charge on any atom is -0.370 e. The van der Waals surface area contributed by atoms with Gasteiger partial charge in [0.15, 0.2) is 28.9 Å². The highest BCUT2D eigenvalue weighted by atomic mass is 16.2. The van der Waals surface area contributed by atoms with E-state index in [0.717, 1.165) is 0 Å². The Balaban J connectivity index is 7.13. The van der Waals surface area contributed by atoms with E-state index in [1.165, 1.54) is 6.92 Å². The summed E-state index contributed by atoms with van der Waals surface area (Å²) in [6.07, 6.45) is -6.41. The van der Waals surface area contributed by atoms with Gasteiger partial charge in [-0.3, -0.25) is 86.3 Å². The predicted octanol–water partition coefficient (Wildman–Crippen LogP) is -8.85. The van der Waals surface area contributed by atoms with Crippen molar-refractivity contribution in [3.63, 3.8) is 0 Å². The third-order valence-corrected chi connectivity index (χ3v) is 16.2. The second-order valence-electron chi connectivity index (χ2n) is 24.4. The third kappa shape index (κ3) is 38.1. The van der Waals surface area contributed by atoms with Crippen molar-refractivity contribution in [2.24, 2.45) is 75.5 Å². The lowest BCUT2D eigenvalue weighted by Gasteiger charge is -2.27. The second kappa shape index (κ2) is 48.2. The Hall–Kier alpha value is -8.54. The molecule has 12 amide bonds. The number of carbonyl (C=O) groups excluding carboxylic acids is 18. The van der Waals surface area contributed by atoms with Gasteiger partial charge in [-0.15, -0.1) is 0 Å². The van der Waals surface area contributed by atoms with Gasteiger partial charge in [-0.1, -0.05) is 0 Å². The van der Waals surface area contributed by atoms with Crippen LogP contribution in [0.5, 0.6) is 0 Å². The van der Waals surface area contributed by atoms with Gasteiger partial charge < -0.3 is 95.4 Å². The SMILES string of the molecule is CC(=O)[C@H](CCC(N)=O)NC(=O)[C@H](CCC(N)=O)CC(=O)[C@H](CCC[NH3+])NC(=O)[C@H](CCC(N)=O)CC(=O)[C@H](CCC[NH3+])NC(=O)[C@H](CCC(N)=O)CC(=O)[C@H](CCC[NH3+])NC(=O)[C@H](CCC(N)=O)CC(=O)[C@H](CCC[NH3+])NC(=O)[C@H](CCC(N)=O)CC(=O)[C@@H](N)CCC(N)=O. The molecular formula is C61H109N17O18+4. The zero-order chi connectivity index (χ0) is 73.2. The maximum absolute atomic E-state index is 14.5. The van der Waals surface area contributed by atoms with Crippen molar-refractivity contribution in [2.75, 3.05) is 26.2 Å². The lowest BCUT2D eigenvalue weighted by Crippen LogP contribution is -2.52. The molecule has 0 radical (unpaired) electrons. The second-order valence-corrected chi connectivity index (χ2v) is 24.4. The molecule has 0 saturated heterocycles. The van der Waals surface area contributed by atoms with E-state index in [2.05, 4.69) is 49.5 Å². The first-order valence-electron chi connectivity index (χ1n) is 32.7. The fourth-order valence-electron chi connectivity index (χ4n) is 10.4. The van der Waals surface area contributed by atoms with Gasteiger partial charge in [0, 0.05) is 107 Å². The molecule has 0 saturated carbocycles. The van der Waals surface area contributed by atoms with Crippen LogP contribution in [0.3, 0.4) is 0 Å². The van der Waals surface area contributed by atoms with Crippen LogP contribution in [0.15, 0.2) is 0 Å². The zero-order valence-corrected chi connectivity index (χ0v) is 55.6. The van der Waals surface area contributed by atoms with Gasteiger partial charge in [-0.05, 0) is 103 Å². The fourth-order valence-corrected chi connectivity index (χ4v) is 10.4. The van der Waals surface area contributed by atoms with Crippen molar-refractivity contribution in [3.8, 4) is 0 Å². The number of Topliss-reactive ketones (excluding diaryl/α,β-unsaturated/α-hetero) is 6. The zero-order valence-electron chi connectivity index (χ0n) is 55.6. The minimum absolute atomic E-state index is 0.0114. The van der Waals surface area contributed by atoms with Crippen molar-refractivity contribution in [3.05, 3.63) is 0 Å². The van der Waals surface area contributed by atoms with E-state index in [-0.39, 0.29) is 142 Å². The molecule has 0 bridgehead atoms. The number of primary amides is 7. The number of hydrogen-bond donors (Lipinski definition) is 17. The van der Waals surface area contributed by atoms with E-state index in [1.807, 2.05) is 0 Å². The molecule has 0 aromatic heterocycles. The van der Waals surface area contributed by atoms with E-state index in [9.17, 15) is 86.3 Å². The van der Waals surface area contributed by atoms with Crippen molar-refractivity contribution in [1.29, 1.82) is 0 Å². The Bertz CT molecular complexity index is 2700. The van der Waals surface area contributed by atoms with Gasteiger partial charge in [-0.2, -0.15) is 0 Å². The molecule has 0 rings (SSSR count). The topological polar surface area (TPSA) is 686 Å². The summed E-state index contributed by atoms with van der Waals surface area (Å²) >= 11 is 0. The molecule has 542 valence electrons. The van der Waals surface area contributed by atoms with Crippen molar-refractivity contribution < 1.29 is 109 Å². The largest absolute Gasteiger partial charge is 0.370 e. The molecule has 0 fully saturated rings. The first-order chi connectivity index (χ1) is 45.1. The first-order valence-corrected chi connectivity index (χ1v) is 32.7. The molecule has 0 heterocycles. The van der Waals surface area contributed by atoms with Gasteiger partial charge >= 0.3 is 0 Å². The molecule has 0 aliphatic heterocycles. The Labute approximate surface area is 557 Å². The highest BCUT2D eigenvalue weighted by molar-refractivity contribution is 5.99. The molecule has 35 nitrogen and oxygen atoms in total. The summed E-state index contributed by atoms with van der Waals surface area (Å²) < 4.78 is 0. The van der Waals surface area contributed by atoms with Crippen LogP contribution in [0, 0.1) is 29.6 Å². The number of hydrogen-bond acceptors (Lipinski definition) is 19. The molecule has 35 heteroatoms. The van der Waals surface area contributed by atoms with Crippen molar-refractivity contribution >= 4 is 106 Å². The van der Waals surface area contributed by atoms with Crippen molar-refractivity contribution in [2.45, 2.75) is 217 Å². The van der Waals surface area contributed by atoms with Crippen LogP contribution in [-0.2, 0) is 86.3 Å². The van der Waals surface area contributed by atoms with E-state index in [4.69, 9.17) is 45.9 Å². The summed E-state index contributed by atoms with van der Waals surface area (Å²) in [6, 6.07) is -7.78. The van der Waals surface area contributed by atoms with Crippen LogP contribution in [0.4, 0.5) is 0 Å².